The molecule has 0 amide bonds. The van der Waals surface area contributed by atoms with Crippen molar-refractivity contribution < 1.29 is 62.9 Å². The quantitative estimate of drug-likeness (QED) is 0.254. The summed E-state index contributed by atoms with van der Waals surface area (Å²) in [5, 5.41) is 21.0. The number of hydrogen-bond acceptors (Lipinski definition) is 2. The third kappa shape index (κ3) is 3.30. The molecule has 0 unspecified atom stereocenters. The smallest absolute Gasteiger partial charge is 1.00 e. The Kier molecular flexibility index (Phi) is 5.70. The van der Waals surface area contributed by atoms with Crippen LogP contribution in [-0.4, -0.2) is 10.1 Å². The second-order valence-electron chi connectivity index (χ2n) is 1.70. The molecule has 0 saturated carbocycles. The molecule has 0 aliphatic rings. The van der Waals surface area contributed by atoms with Crippen LogP contribution in [0.15, 0.2) is 35.6 Å². The van der Waals surface area contributed by atoms with Crippen LogP contribution in [0.25, 0.3) is 0 Å². The summed E-state index contributed by atoms with van der Waals surface area (Å²) in [5.41, 5.74) is 0.310. The van der Waals surface area contributed by atoms with Crippen LogP contribution in [0.5, 0.6) is 0 Å². The van der Waals surface area contributed by atoms with E-state index in [1.54, 1.807) is 30.3 Å². The second kappa shape index (κ2) is 5.67. The van der Waals surface area contributed by atoms with Crippen molar-refractivity contribution in [2.24, 2.45) is 5.28 Å². The van der Waals surface area contributed by atoms with Gasteiger partial charge in [0.25, 0.3) is 0 Å². The Bertz CT molecular complexity index is 243. The maximum atomic E-state index is 10.5. The zero-order chi connectivity index (χ0) is 7.40. The number of para-hydroxylation sites is 1. The monoisotopic (exact) mass is 178 g/mol. The fourth-order valence-electron chi connectivity index (χ4n) is 0.607. The standard InChI is InChI=1S/C6H6N2O2.K.H/c9-7-8(10)6-4-2-1-3-5-6;;/h1-5,9H;;/q;+1;-1. The molecule has 0 saturated heterocycles. The Morgan fingerprint density at radius 2 is 1.91 bits per heavy atom. The normalized spacial score (nSPS) is 10.4. The molecule has 0 heterocycles. The first kappa shape index (κ1) is 11.1. The van der Waals surface area contributed by atoms with Gasteiger partial charge in [0, 0.05) is 12.1 Å². The summed E-state index contributed by atoms with van der Waals surface area (Å²) in [7, 11) is 0. The van der Waals surface area contributed by atoms with E-state index in [1.165, 1.54) is 0 Å². The molecule has 1 aromatic rings. The van der Waals surface area contributed by atoms with Gasteiger partial charge in [0.2, 0.25) is 11.0 Å². The average molecular weight is 178 g/mol. The van der Waals surface area contributed by atoms with Gasteiger partial charge in [-0.3, -0.25) is 0 Å². The molecule has 5 heteroatoms. The molecular weight excluding hydrogens is 171 g/mol. The predicted molar refractivity (Wildman–Crippen MR) is 35.1 cm³/mol. The van der Waals surface area contributed by atoms with Crippen LogP contribution in [0.3, 0.4) is 0 Å². The van der Waals surface area contributed by atoms with Gasteiger partial charge < -0.3 is 11.8 Å². The summed E-state index contributed by atoms with van der Waals surface area (Å²) in [6.07, 6.45) is 0. The average Bonchev–Trinajstić information content (AvgIpc) is 2.05. The van der Waals surface area contributed by atoms with E-state index in [0.29, 0.717) is 5.69 Å². The fraction of sp³-hybridized carbons (Fsp3) is 0. The molecular formula is C6H7KN2O2. The number of rotatable bonds is 1. The Labute approximate surface area is 108 Å². The van der Waals surface area contributed by atoms with Crippen molar-refractivity contribution >= 4 is 5.69 Å². The summed E-state index contributed by atoms with van der Waals surface area (Å²) in [6, 6.07) is 8.24. The third-order valence-corrected chi connectivity index (χ3v) is 1.06. The van der Waals surface area contributed by atoms with Crippen LogP contribution in [0.2, 0.25) is 0 Å². The minimum absolute atomic E-state index is 0. The van der Waals surface area contributed by atoms with E-state index in [9.17, 15) is 5.21 Å². The Hall–Kier alpha value is 0.0564. The summed E-state index contributed by atoms with van der Waals surface area (Å²) in [4.78, 5) is 0.139. The largest absolute Gasteiger partial charge is 1.00 e. The van der Waals surface area contributed by atoms with E-state index in [2.05, 4.69) is 5.28 Å². The van der Waals surface area contributed by atoms with E-state index in [4.69, 9.17) is 5.21 Å². The van der Waals surface area contributed by atoms with E-state index in [-0.39, 0.29) is 57.7 Å². The van der Waals surface area contributed by atoms with E-state index in [0.717, 1.165) is 0 Å². The van der Waals surface area contributed by atoms with Gasteiger partial charge in [-0.15, -0.1) is 0 Å². The topological polar surface area (TPSA) is 58.7 Å². The molecule has 0 radical (unpaired) electrons. The molecule has 1 N–H and O–H groups in total. The first-order valence-electron chi connectivity index (χ1n) is 2.72. The molecule has 4 nitrogen and oxygen atoms in total. The van der Waals surface area contributed by atoms with E-state index in [1.807, 2.05) is 0 Å². The van der Waals surface area contributed by atoms with Gasteiger partial charge in [-0.05, 0) is 4.86 Å². The zero-order valence-corrected chi connectivity index (χ0v) is 9.26. The molecule has 0 atom stereocenters. The van der Waals surface area contributed by atoms with Crippen LogP contribution >= 0.6 is 0 Å². The van der Waals surface area contributed by atoms with Crippen LogP contribution in [0, 0.1) is 5.21 Å². The summed E-state index contributed by atoms with van der Waals surface area (Å²) in [5.74, 6) is 0. The van der Waals surface area contributed by atoms with Crippen molar-refractivity contribution in [3.63, 3.8) is 0 Å². The van der Waals surface area contributed by atoms with Crippen molar-refractivity contribution in [1.29, 1.82) is 0 Å². The maximum absolute atomic E-state index is 10.5. The van der Waals surface area contributed by atoms with Gasteiger partial charge in [0.05, 0.1) is 0 Å². The molecule has 0 aliphatic heterocycles. The van der Waals surface area contributed by atoms with Crippen molar-refractivity contribution in [3.8, 4) is 0 Å². The summed E-state index contributed by atoms with van der Waals surface area (Å²) >= 11 is 0. The molecule has 1 rings (SSSR count). The minimum atomic E-state index is 0. The molecule has 0 bridgehead atoms. The van der Waals surface area contributed by atoms with Crippen molar-refractivity contribution in [2.45, 2.75) is 0 Å². The predicted octanol–water partition coefficient (Wildman–Crippen LogP) is -1.21. The molecule has 54 valence electrons. The zero-order valence-electron chi connectivity index (χ0n) is 7.14. The molecule has 0 spiro atoms. The van der Waals surface area contributed by atoms with Gasteiger partial charge >= 0.3 is 51.4 Å². The minimum Gasteiger partial charge on any atom is -1.00 e. The first-order valence-corrected chi connectivity index (χ1v) is 2.72. The van der Waals surface area contributed by atoms with Gasteiger partial charge in [-0.1, -0.05) is 18.2 Å². The Morgan fingerprint density at radius 1 is 1.36 bits per heavy atom. The maximum Gasteiger partial charge on any atom is 1.00 e. The van der Waals surface area contributed by atoms with E-state index >= 15 is 0 Å². The molecule has 1 aromatic carbocycles. The Balaban J connectivity index is 0. The molecule has 0 aliphatic carbocycles. The summed E-state index contributed by atoms with van der Waals surface area (Å²) in [6.45, 7) is 0. The van der Waals surface area contributed by atoms with Crippen LogP contribution < -0.4 is 51.4 Å². The number of hydrogen-bond donors (Lipinski definition) is 1. The first-order chi connectivity index (χ1) is 4.84. The SMILES string of the molecule is [H-].[K+].[O-][N+](=NO)c1ccccc1. The van der Waals surface area contributed by atoms with Crippen molar-refractivity contribution in [1.82, 2.24) is 0 Å². The molecule has 11 heavy (non-hydrogen) atoms. The Morgan fingerprint density at radius 3 is 2.36 bits per heavy atom. The molecule has 0 fully saturated rings. The fourth-order valence-corrected chi connectivity index (χ4v) is 0.607. The van der Waals surface area contributed by atoms with Crippen LogP contribution in [0.1, 0.15) is 1.43 Å². The van der Waals surface area contributed by atoms with Gasteiger partial charge in [-0.2, -0.15) is 0 Å². The summed E-state index contributed by atoms with van der Waals surface area (Å²) < 4.78 is 0. The van der Waals surface area contributed by atoms with Gasteiger partial charge in [-0.25, -0.2) is 0 Å². The van der Waals surface area contributed by atoms with Gasteiger partial charge in [0.1, 0.15) is 0 Å². The second-order valence-corrected chi connectivity index (χ2v) is 1.70. The number of benzene rings is 1. The van der Waals surface area contributed by atoms with Gasteiger partial charge in [0.15, 0.2) is 0 Å². The number of nitrogens with zero attached hydrogens (tertiary/aromatic N) is 2. The third-order valence-electron chi connectivity index (χ3n) is 1.06. The van der Waals surface area contributed by atoms with Crippen molar-refractivity contribution in [2.75, 3.05) is 0 Å². The van der Waals surface area contributed by atoms with Crippen LogP contribution in [-0.2, 0) is 0 Å². The van der Waals surface area contributed by atoms with Crippen LogP contribution in [0.4, 0.5) is 5.69 Å². The van der Waals surface area contributed by atoms with E-state index < -0.39 is 0 Å². The molecule has 0 aromatic heterocycles. The van der Waals surface area contributed by atoms with Crippen molar-refractivity contribution in [3.05, 3.63) is 35.5 Å².